The largest absolute Gasteiger partial charge is 0.311 e. The molecule has 1 N–H and O–H groups in total. The molecule has 2 aliphatic rings. The Morgan fingerprint density at radius 2 is 2.09 bits per heavy atom. The Kier molecular flexibility index (Phi) is 2.14. The number of nitrogens with one attached hydrogen (secondary N) is 1. The van der Waals surface area contributed by atoms with Crippen molar-refractivity contribution in [2.24, 2.45) is 0 Å². The Hall–Kier alpha value is -0.0800. The van der Waals surface area contributed by atoms with Crippen LogP contribution in [0.1, 0.15) is 25.7 Å². The predicted molar refractivity (Wildman–Crippen MR) is 46.7 cm³/mol. The van der Waals surface area contributed by atoms with E-state index in [1.165, 1.54) is 38.8 Å². The van der Waals surface area contributed by atoms with Gasteiger partial charge in [-0.1, -0.05) is 12.8 Å². The lowest BCUT2D eigenvalue weighted by Crippen LogP contribution is -2.57. The molecule has 0 aromatic carbocycles. The van der Waals surface area contributed by atoms with E-state index in [-0.39, 0.29) is 0 Å². The van der Waals surface area contributed by atoms with E-state index in [2.05, 4.69) is 17.3 Å². The van der Waals surface area contributed by atoms with Crippen molar-refractivity contribution in [3.05, 3.63) is 0 Å². The summed E-state index contributed by atoms with van der Waals surface area (Å²) >= 11 is 0. The SMILES string of the molecule is CN1CCNC2CCCCC21. The van der Waals surface area contributed by atoms with Gasteiger partial charge in [0.05, 0.1) is 0 Å². The van der Waals surface area contributed by atoms with Gasteiger partial charge in [-0.2, -0.15) is 0 Å². The molecule has 1 heterocycles. The van der Waals surface area contributed by atoms with E-state index < -0.39 is 0 Å². The van der Waals surface area contributed by atoms with Crippen LogP contribution in [0.4, 0.5) is 0 Å². The summed E-state index contributed by atoms with van der Waals surface area (Å²) in [6, 6.07) is 1.65. The van der Waals surface area contributed by atoms with E-state index >= 15 is 0 Å². The molecule has 0 radical (unpaired) electrons. The first-order valence-corrected chi connectivity index (χ1v) is 4.81. The monoisotopic (exact) mass is 154 g/mol. The normalized spacial score (nSPS) is 40.1. The van der Waals surface area contributed by atoms with Crippen molar-refractivity contribution in [2.75, 3.05) is 20.1 Å². The van der Waals surface area contributed by atoms with Crippen molar-refractivity contribution in [3.8, 4) is 0 Å². The molecule has 1 aliphatic carbocycles. The van der Waals surface area contributed by atoms with Gasteiger partial charge in [-0.05, 0) is 19.9 Å². The zero-order valence-corrected chi connectivity index (χ0v) is 7.34. The Labute approximate surface area is 69.0 Å². The maximum absolute atomic E-state index is 3.61. The van der Waals surface area contributed by atoms with Crippen LogP contribution in [0.25, 0.3) is 0 Å². The molecule has 11 heavy (non-hydrogen) atoms. The van der Waals surface area contributed by atoms with Crippen LogP contribution < -0.4 is 5.32 Å². The van der Waals surface area contributed by atoms with Crippen LogP contribution in [0.15, 0.2) is 0 Å². The smallest absolute Gasteiger partial charge is 0.0246 e. The molecule has 0 aromatic rings. The maximum Gasteiger partial charge on any atom is 0.0246 e. The Bertz CT molecular complexity index is 134. The minimum absolute atomic E-state index is 0.808. The Balaban J connectivity index is 1.99. The van der Waals surface area contributed by atoms with Gasteiger partial charge in [0.2, 0.25) is 0 Å². The zero-order chi connectivity index (χ0) is 7.68. The van der Waals surface area contributed by atoms with E-state index in [1.807, 2.05) is 0 Å². The molecule has 1 saturated carbocycles. The number of fused-ring (bicyclic) bond motifs is 1. The molecule has 1 aliphatic heterocycles. The third kappa shape index (κ3) is 1.42. The molecule has 0 bridgehead atoms. The highest BCUT2D eigenvalue weighted by atomic mass is 15.2. The molecule has 2 fully saturated rings. The fraction of sp³-hybridized carbons (Fsp3) is 1.00. The number of nitrogens with zero attached hydrogens (tertiary/aromatic N) is 1. The molecule has 2 heteroatoms. The standard InChI is InChI=1S/C9H18N2/c1-11-7-6-10-8-4-2-3-5-9(8)11/h8-10H,2-7H2,1H3. The molecule has 1 saturated heterocycles. The van der Waals surface area contributed by atoms with Crippen LogP contribution in [0.2, 0.25) is 0 Å². The average Bonchev–Trinajstić information content (AvgIpc) is 2.06. The highest BCUT2D eigenvalue weighted by Gasteiger charge is 2.30. The maximum atomic E-state index is 3.61. The molecule has 64 valence electrons. The van der Waals surface area contributed by atoms with Crippen LogP contribution in [0, 0.1) is 0 Å². The molecule has 0 aromatic heterocycles. The lowest BCUT2D eigenvalue weighted by atomic mass is 9.88. The van der Waals surface area contributed by atoms with Crippen LogP contribution >= 0.6 is 0 Å². The van der Waals surface area contributed by atoms with Gasteiger partial charge in [-0.3, -0.25) is 0 Å². The van der Waals surface area contributed by atoms with Crippen molar-refractivity contribution >= 4 is 0 Å². The first-order valence-electron chi connectivity index (χ1n) is 4.81. The second kappa shape index (κ2) is 3.11. The second-order valence-electron chi connectivity index (χ2n) is 3.89. The lowest BCUT2D eigenvalue weighted by molar-refractivity contribution is 0.114. The molecular formula is C9H18N2. The number of likely N-dealkylation sites (N-methyl/N-ethyl adjacent to an activating group) is 1. The molecule has 2 atom stereocenters. The van der Waals surface area contributed by atoms with Crippen LogP contribution in [-0.2, 0) is 0 Å². The molecule has 2 rings (SSSR count). The average molecular weight is 154 g/mol. The highest BCUT2D eigenvalue weighted by Crippen LogP contribution is 2.23. The highest BCUT2D eigenvalue weighted by molar-refractivity contribution is 4.90. The van der Waals surface area contributed by atoms with Crippen molar-refractivity contribution in [1.29, 1.82) is 0 Å². The van der Waals surface area contributed by atoms with Gasteiger partial charge in [-0.25, -0.2) is 0 Å². The van der Waals surface area contributed by atoms with Crippen LogP contribution in [0.3, 0.4) is 0 Å². The summed E-state index contributed by atoms with van der Waals surface area (Å²) < 4.78 is 0. The topological polar surface area (TPSA) is 15.3 Å². The minimum atomic E-state index is 0.808. The molecule has 2 unspecified atom stereocenters. The predicted octanol–water partition coefficient (Wildman–Crippen LogP) is 0.833. The van der Waals surface area contributed by atoms with Gasteiger partial charge in [0.25, 0.3) is 0 Å². The van der Waals surface area contributed by atoms with Crippen LogP contribution in [-0.4, -0.2) is 37.1 Å². The van der Waals surface area contributed by atoms with Crippen LogP contribution in [0.5, 0.6) is 0 Å². The zero-order valence-electron chi connectivity index (χ0n) is 7.34. The Morgan fingerprint density at radius 1 is 1.27 bits per heavy atom. The summed E-state index contributed by atoms with van der Waals surface area (Å²) in [5.41, 5.74) is 0. The summed E-state index contributed by atoms with van der Waals surface area (Å²) in [5, 5.41) is 3.61. The summed E-state index contributed by atoms with van der Waals surface area (Å²) in [6.45, 7) is 2.43. The second-order valence-corrected chi connectivity index (χ2v) is 3.89. The third-order valence-electron chi connectivity index (χ3n) is 3.17. The fourth-order valence-electron chi connectivity index (χ4n) is 2.47. The van der Waals surface area contributed by atoms with Crippen molar-refractivity contribution in [2.45, 2.75) is 37.8 Å². The van der Waals surface area contributed by atoms with Gasteiger partial charge >= 0.3 is 0 Å². The van der Waals surface area contributed by atoms with Crippen molar-refractivity contribution in [1.82, 2.24) is 10.2 Å². The Morgan fingerprint density at radius 3 is 2.91 bits per heavy atom. The summed E-state index contributed by atoms with van der Waals surface area (Å²) in [5.74, 6) is 0. The quantitative estimate of drug-likeness (QED) is 0.556. The van der Waals surface area contributed by atoms with E-state index in [0.29, 0.717) is 0 Å². The summed E-state index contributed by atoms with van der Waals surface area (Å²) in [4.78, 5) is 2.53. The van der Waals surface area contributed by atoms with Gasteiger partial charge in [-0.15, -0.1) is 0 Å². The lowest BCUT2D eigenvalue weighted by Gasteiger charge is -2.42. The molecular weight excluding hydrogens is 136 g/mol. The van der Waals surface area contributed by atoms with E-state index in [0.717, 1.165) is 12.1 Å². The minimum Gasteiger partial charge on any atom is -0.311 e. The van der Waals surface area contributed by atoms with Gasteiger partial charge in [0.15, 0.2) is 0 Å². The van der Waals surface area contributed by atoms with E-state index in [9.17, 15) is 0 Å². The molecule has 0 amide bonds. The summed E-state index contributed by atoms with van der Waals surface area (Å²) in [6.07, 6.45) is 5.68. The fourth-order valence-corrected chi connectivity index (χ4v) is 2.47. The molecule has 0 spiro atoms. The first kappa shape index (κ1) is 7.56. The first-order chi connectivity index (χ1) is 5.38. The number of hydrogen-bond donors (Lipinski definition) is 1. The van der Waals surface area contributed by atoms with E-state index in [4.69, 9.17) is 0 Å². The summed E-state index contributed by atoms with van der Waals surface area (Å²) in [7, 11) is 2.27. The van der Waals surface area contributed by atoms with Gasteiger partial charge in [0.1, 0.15) is 0 Å². The number of hydrogen-bond acceptors (Lipinski definition) is 2. The number of piperazine rings is 1. The van der Waals surface area contributed by atoms with Crippen molar-refractivity contribution < 1.29 is 0 Å². The molecule has 2 nitrogen and oxygen atoms in total. The van der Waals surface area contributed by atoms with Gasteiger partial charge in [0, 0.05) is 25.2 Å². The van der Waals surface area contributed by atoms with E-state index in [1.54, 1.807) is 0 Å². The third-order valence-corrected chi connectivity index (χ3v) is 3.17. The van der Waals surface area contributed by atoms with Gasteiger partial charge < -0.3 is 10.2 Å². The van der Waals surface area contributed by atoms with Crippen molar-refractivity contribution in [3.63, 3.8) is 0 Å². The number of rotatable bonds is 0.